The van der Waals surface area contributed by atoms with Gasteiger partial charge in [-0.3, -0.25) is 15.0 Å². The summed E-state index contributed by atoms with van der Waals surface area (Å²) in [6.07, 6.45) is 8.04. The molecule has 126 valence electrons. The van der Waals surface area contributed by atoms with Crippen LogP contribution in [0.15, 0.2) is 22.8 Å². The van der Waals surface area contributed by atoms with Crippen LogP contribution in [-0.2, 0) is 11.3 Å². The molecule has 1 aliphatic heterocycles. The van der Waals surface area contributed by atoms with Crippen molar-refractivity contribution >= 4 is 11.9 Å². The zero-order valence-electron chi connectivity index (χ0n) is 13.4. The van der Waals surface area contributed by atoms with E-state index in [0.29, 0.717) is 12.3 Å². The lowest BCUT2D eigenvalue weighted by Gasteiger charge is -2.41. The van der Waals surface area contributed by atoms with Gasteiger partial charge in [0.2, 0.25) is 5.91 Å². The summed E-state index contributed by atoms with van der Waals surface area (Å²) in [6.45, 7) is 2.53. The second-order valence-electron chi connectivity index (χ2n) is 6.64. The van der Waals surface area contributed by atoms with E-state index in [1.54, 1.807) is 18.4 Å². The van der Waals surface area contributed by atoms with Gasteiger partial charge in [0.05, 0.1) is 19.4 Å². The predicted molar refractivity (Wildman–Crippen MR) is 85.6 cm³/mol. The Bertz CT molecular complexity index is 529. The molecule has 0 bridgehead atoms. The van der Waals surface area contributed by atoms with E-state index < -0.39 is 6.03 Å². The summed E-state index contributed by atoms with van der Waals surface area (Å²) in [5.41, 5.74) is 0. The van der Waals surface area contributed by atoms with Crippen LogP contribution in [-0.4, -0.2) is 36.5 Å². The van der Waals surface area contributed by atoms with Gasteiger partial charge in [-0.05, 0) is 43.4 Å². The predicted octanol–water partition coefficient (Wildman–Crippen LogP) is 2.12. The first kappa shape index (κ1) is 16.1. The van der Waals surface area contributed by atoms with E-state index in [4.69, 9.17) is 4.42 Å². The first-order valence-electron chi connectivity index (χ1n) is 8.53. The highest BCUT2D eigenvalue weighted by Crippen LogP contribution is 2.35. The number of imide groups is 1. The summed E-state index contributed by atoms with van der Waals surface area (Å²) in [7, 11) is 0. The molecule has 0 radical (unpaired) electrons. The number of likely N-dealkylation sites (tertiary alicyclic amines) is 1. The average molecular weight is 319 g/mol. The number of fused-ring (bicyclic) bond motifs is 1. The van der Waals surface area contributed by atoms with Crippen molar-refractivity contribution in [2.75, 3.05) is 19.6 Å². The molecule has 0 spiro atoms. The molecular weight excluding hydrogens is 294 g/mol. The van der Waals surface area contributed by atoms with Crippen LogP contribution in [0.4, 0.5) is 4.79 Å². The number of rotatable bonds is 4. The summed E-state index contributed by atoms with van der Waals surface area (Å²) in [5, 5.41) is 5.00. The minimum Gasteiger partial charge on any atom is -0.467 e. The number of amides is 3. The zero-order chi connectivity index (χ0) is 16.1. The van der Waals surface area contributed by atoms with E-state index in [9.17, 15) is 9.59 Å². The highest BCUT2D eigenvalue weighted by molar-refractivity contribution is 5.95. The van der Waals surface area contributed by atoms with Gasteiger partial charge in [0, 0.05) is 6.54 Å². The van der Waals surface area contributed by atoms with Crippen molar-refractivity contribution in [3.05, 3.63) is 24.2 Å². The Morgan fingerprint density at radius 3 is 2.83 bits per heavy atom. The van der Waals surface area contributed by atoms with E-state index in [2.05, 4.69) is 15.5 Å². The Morgan fingerprint density at radius 1 is 1.22 bits per heavy atom. The van der Waals surface area contributed by atoms with Crippen molar-refractivity contribution in [3.8, 4) is 0 Å². The second-order valence-corrected chi connectivity index (χ2v) is 6.64. The number of carbonyl (C=O) groups is 2. The Morgan fingerprint density at radius 2 is 2.04 bits per heavy atom. The smallest absolute Gasteiger partial charge is 0.321 e. The van der Waals surface area contributed by atoms with Crippen LogP contribution in [0.1, 0.15) is 37.9 Å². The van der Waals surface area contributed by atoms with E-state index in [0.717, 1.165) is 24.9 Å². The number of urea groups is 1. The van der Waals surface area contributed by atoms with Crippen LogP contribution in [0, 0.1) is 11.8 Å². The van der Waals surface area contributed by atoms with Gasteiger partial charge in [-0.25, -0.2) is 4.79 Å². The van der Waals surface area contributed by atoms with Gasteiger partial charge in [-0.15, -0.1) is 0 Å². The van der Waals surface area contributed by atoms with Gasteiger partial charge in [0.25, 0.3) is 0 Å². The fraction of sp³-hybridized carbons (Fsp3) is 0.647. The van der Waals surface area contributed by atoms with Crippen LogP contribution in [0.3, 0.4) is 0 Å². The highest BCUT2D eigenvalue weighted by atomic mass is 16.3. The lowest BCUT2D eigenvalue weighted by molar-refractivity contribution is -0.121. The number of hydrogen-bond acceptors (Lipinski definition) is 4. The molecule has 6 nitrogen and oxygen atoms in total. The number of hydrogen-bond donors (Lipinski definition) is 2. The fourth-order valence-electron chi connectivity index (χ4n) is 3.81. The van der Waals surface area contributed by atoms with Gasteiger partial charge < -0.3 is 9.73 Å². The lowest BCUT2D eigenvalue weighted by atomic mass is 9.75. The standard InChI is InChI=1S/C17H25N3O3/c21-16(19-17(22)18-10-15-6-3-9-23-15)12-20-8-7-13-4-1-2-5-14(13)11-20/h3,6,9,13-14H,1-2,4-5,7-8,10-12H2,(H2,18,19,21,22)/t13-,14-/m1/s1. The molecule has 2 N–H and O–H groups in total. The van der Waals surface area contributed by atoms with Crippen LogP contribution in [0.2, 0.25) is 0 Å². The van der Waals surface area contributed by atoms with Gasteiger partial charge in [0.1, 0.15) is 5.76 Å². The summed E-state index contributed by atoms with van der Waals surface area (Å²) in [6, 6.07) is 3.06. The first-order chi connectivity index (χ1) is 11.2. The SMILES string of the molecule is O=C(CN1CC[C@H]2CCCC[C@@H]2C1)NC(=O)NCc1ccco1. The zero-order valence-corrected chi connectivity index (χ0v) is 13.4. The quantitative estimate of drug-likeness (QED) is 0.891. The van der Waals surface area contributed by atoms with Crippen molar-refractivity contribution in [3.63, 3.8) is 0 Å². The molecule has 1 aliphatic carbocycles. The van der Waals surface area contributed by atoms with Crippen molar-refractivity contribution < 1.29 is 14.0 Å². The van der Waals surface area contributed by atoms with E-state index in [1.807, 2.05) is 0 Å². The Labute approximate surface area is 136 Å². The maximum atomic E-state index is 12.0. The monoisotopic (exact) mass is 319 g/mol. The van der Waals surface area contributed by atoms with Gasteiger partial charge in [-0.1, -0.05) is 19.3 Å². The van der Waals surface area contributed by atoms with Gasteiger partial charge in [0.15, 0.2) is 0 Å². The van der Waals surface area contributed by atoms with Gasteiger partial charge in [-0.2, -0.15) is 0 Å². The lowest BCUT2D eigenvalue weighted by Crippen LogP contribution is -2.48. The maximum Gasteiger partial charge on any atom is 0.321 e. The molecule has 3 rings (SSSR count). The molecule has 3 amide bonds. The van der Waals surface area contributed by atoms with Crippen LogP contribution < -0.4 is 10.6 Å². The molecule has 2 aliphatic rings. The number of nitrogens with one attached hydrogen (secondary N) is 2. The topological polar surface area (TPSA) is 74.6 Å². The molecule has 0 aromatic carbocycles. The Hall–Kier alpha value is -1.82. The maximum absolute atomic E-state index is 12.0. The molecule has 1 saturated heterocycles. The van der Waals surface area contributed by atoms with E-state index in [1.165, 1.54) is 32.1 Å². The van der Waals surface area contributed by atoms with Crippen LogP contribution in [0.25, 0.3) is 0 Å². The number of carbonyl (C=O) groups excluding carboxylic acids is 2. The minimum atomic E-state index is -0.473. The highest BCUT2D eigenvalue weighted by Gasteiger charge is 2.31. The molecule has 1 aromatic rings. The Kier molecular flexibility index (Phi) is 5.33. The van der Waals surface area contributed by atoms with Crippen molar-refractivity contribution in [2.45, 2.75) is 38.6 Å². The van der Waals surface area contributed by atoms with Crippen LogP contribution in [0.5, 0.6) is 0 Å². The molecule has 1 aromatic heterocycles. The van der Waals surface area contributed by atoms with Crippen molar-refractivity contribution in [2.24, 2.45) is 11.8 Å². The Balaban J connectivity index is 1.38. The van der Waals surface area contributed by atoms with Crippen LogP contribution >= 0.6 is 0 Å². The molecule has 2 atom stereocenters. The van der Waals surface area contributed by atoms with Crippen molar-refractivity contribution in [1.29, 1.82) is 0 Å². The molecule has 6 heteroatoms. The second kappa shape index (κ2) is 7.64. The summed E-state index contributed by atoms with van der Waals surface area (Å²) >= 11 is 0. The normalized spacial score (nSPS) is 24.7. The molecule has 23 heavy (non-hydrogen) atoms. The van der Waals surface area contributed by atoms with Crippen molar-refractivity contribution in [1.82, 2.24) is 15.5 Å². The molecular formula is C17H25N3O3. The number of furan rings is 1. The first-order valence-corrected chi connectivity index (χ1v) is 8.53. The van der Waals surface area contributed by atoms with Gasteiger partial charge >= 0.3 is 6.03 Å². The van der Waals surface area contributed by atoms with E-state index >= 15 is 0 Å². The summed E-state index contributed by atoms with van der Waals surface area (Å²) in [5.74, 6) is 2.00. The minimum absolute atomic E-state index is 0.240. The van der Waals surface area contributed by atoms with E-state index in [-0.39, 0.29) is 12.5 Å². The third kappa shape index (κ3) is 4.58. The fourth-order valence-corrected chi connectivity index (χ4v) is 3.81. The molecule has 0 unspecified atom stereocenters. The third-order valence-corrected chi connectivity index (χ3v) is 5.00. The average Bonchev–Trinajstić information content (AvgIpc) is 3.06. The largest absolute Gasteiger partial charge is 0.467 e. The molecule has 1 saturated carbocycles. The molecule has 2 fully saturated rings. The molecule has 2 heterocycles. The number of piperidine rings is 1. The summed E-state index contributed by atoms with van der Waals surface area (Å²) < 4.78 is 5.13. The summed E-state index contributed by atoms with van der Waals surface area (Å²) in [4.78, 5) is 25.9. The number of nitrogens with zero attached hydrogens (tertiary/aromatic N) is 1. The third-order valence-electron chi connectivity index (χ3n) is 5.00.